The van der Waals surface area contributed by atoms with E-state index < -0.39 is 17.8 Å². The number of imide groups is 2. The van der Waals surface area contributed by atoms with E-state index >= 15 is 0 Å². The van der Waals surface area contributed by atoms with Crippen LogP contribution in [0.15, 0.2) is 70.7 Å². The Labute approximate surface area is 218 Å². The zero-order valence-corrected chi connectivity index (χ0v) is 21.0. The summed E-state index contributed by atoms with van der Waals surface area (Å²) in [6.45, 7) is 0.229. The van der Waals surface area contributed by atoms with Crippen molar-refractivity contribution in [2.24, 2.45) is 0 Å². The Morgan fingerprint density at radius 1 is 0.941 bits per heavy atom. The summed E-state index contributed by atoms with van der Waals surface area (Å²) in [5, 5.41) is 2.95. The smallest absolute Gasteiger partial charge is 0.335 e. The number of urea groups is 1. The van der Waals surface area contributed by atoms with E-state index in [4.69, 9.17) is 39.5 Å². The first-order chi connectivity index (χ1) is 16.2. The lowest BCUT2D eigenvalue weighted by Crippen LogP contribution is -2.54. The largest absolute Gasteiger partial charge is 0.488 e. The van der Waals surface area contributed by atoms with Crippen LogP contribution >= 0.6 is 50.7 Å². The predicted octanol–water partition coefficient (Wildman–Crippen LogP) is 6.65. The molecular weight excluding hydrogens is 567 g/mol. The molecule has 34 heavy (non-hydrogen) atoms. The van der Waals surface area contributed by atoms with Gasteiger partial charge in [0.25, 0.3) is 11.8 Å². The van der Waals surface area contributed by atoms with E-state index in [9.17, 15) is 14.4 Å². The van der Waals surface area contributed by atoms with Gasteiger partial charge in [-0.1, -0.05) is 68.9 Å². The van der Waals surface area contributed by atoms with E-state index in [1.807, 2.05) is 24.3 Å². The van der Waals surface area contributed by atoms with Crippen molar-refractivity contribution in [3.8, 4) is 5.75 Å². The Kier molecular flexibility index (Phi) is 7.28. The summed E-state index contributed by atoms with van der Waals surface area (Å²) in [4.78, 5) is 39.0. The van der Waals surface area contributed by atoms with Gasteiger partial charge in [0.05, 0.1) is 15.7 Å². The summed E-state index contributed by atoms with van der Waals surface area (Å²) in [5.41, 5.74) is 1.17. The second-order valence-corrected chi connectivity index (χ2v) is 9.22. The molecule has 3 aromatic carbocycles. The third kappa shape index (κ3) is 5.13. The van der Waals surface area contributed by atoms with Gasteiger partial charge in [-0.2, -0.15) is 0 Å². The van der Waals surface area contributed by atoms with Gasteiger partial charge in [-0.05, 0) is 48.5 Å². The van der Waals surface area contributed by atoms with Gasteiger partial charge in [-0.25, -0.2) is 9.69 Å². The Hall–Kier alpha value is -2.84. The van der Waals surface area contributed by atoms with Crippen molar-refractivity contribution < 1.29 is 19.1 Å². The Morgan fingerprint density at radius 3 is 2.44 bits per heavy atom. The fraction of sp³-hybridized carbons (Fsp3) is 0.0417. The molecule has 0 saturated carbocycles. The number of amides is 4. The summed E-state index contributed by atoms with van der Waals surface area (Å²) in [6, 6.07) is 15.8. The highest BCUT2D eigenvalue weighted by molar-refractivity contribution is 9.10. The molecule has 1 aliphatic rings. The standard InChI is InChI=1S/C24H14BrCl3N2O4/c25-18-4-2-1-3-13(18)12-34-21-8-5-15(26)9-14(21)10-17-22(31)29-24(33)30(23(17)32)16-6-7-19(27)20(28)11-16/h1-11H,12H2,(H,29,31,33)/b17-10+. The van der Waals surface area contributed by atoms with Crippen molar-refractivity contribution >= 4 is 80.3 Å². The third-order valence-corrected chi connectivity index (χ3v) is 6.62. The zero-order chi connectivity index (χ0) is 24.4. The van der Waals surface area contributed by atoms with E-state index in [-0.39, 0.29) is 27.9 Å². The van der Waals surface area contributed by atoms with Crippen molar-refractivity contribution in [2.75, 3.05) is 4.90 Å². The predicted molar refractivity (Wildman–Crippen MR) is 135 cm³/mol. The Bertz CT molecular complexity index is 1360. The third-order valence-electron chi connectivity index (χ3n) is 4.88. The lowest BCUT2D eigenvalue weighted by Gasteiger charge is -2.26. The highest BCUT2D eigenvalue weighted by Crippen LogP contribution is 2.31. The topological polar surface area (TPSA) is 75.7 Å². The number of barbiturate groups is 1. The quantitative estimate of drug-likeness (QED) is 0.271. The molecule has 0 bridgehead atoms. The second kappa shape index (κ2) is 10.2. The van der Waals surface area contributed by atoms with E-state index in [1.54, 1.807) is 18.2 Å². The summed E-state index contributed by atoms with van der Waals surface area (Å²) in [5.74, 6) is -1.28. The maximum atomic E-state index is 13.2. The molecule has 172 valence electrons. The van der Waals surface area contributed by atoms with Crippen molar-refractivity contribution in [2.45, 2.75) is 6.61 Å². The number of benzene rings is 3. The molecule has 1 saturated heterocycles. The lowest BCUT2D eigenvalue weighted by molar-refractivity contribution is -0.122. The summed E-state index contributed by atoms with van der Waals surface area (Å²) in [6.07, 6.45) is 1.33. The summed E-state index contributed by atoms with van der Waals surface area (Å²) in [7, 11) is 0. The Morgan fingerprint density at radius 2 is 1.71 bits per heavy atom. The molecule has 6 nitrogen and oxygen atoms in total. The number of carbonyl (C=O) groups excluding carboxylic acids is 3. The molecule has 1 heterocycles. The minimum atomic E-state index is -0.901. The minimum absolute atomic E-state index is 0.153. The molecule has 10 heteroatoms. The van der Waals surface area contributed by atoms with Gasteiger partial charge in [0.2, 0.25) is 0 Å². The molecule has 3 aromatic rings. The number of rotatable bonds is 5. The van der Waals surface area contributed by atoms with Gasteiger partial charge in [0.1, 0.15) is 17.9 Å². The van der Waals surface area contributed by atoms with E-state index in [0.717, 1.165) is 14.9 Å². The fourth-order valence-electron chi connectivity index (χ4n) is 3.21. The molecule has 1 fully saturated rings. The van der Waals surface area contributed by atoms with Crippen LogP contribution in [-0.4, -0.2) is 17.8 Å². The van der Waals surface area contributed by atoms with Gasteiger partial charge in [-0.3, -0.25) is 14.9 Å². The minimum Gasteiger partial charge on any atom is -0.488 e. The molecule has 1 N–H and O–H groups in total. The molecule has 0 aliphatic carbocycles. The van der Waals surface area contributed by atoms with Crippen LogP contribution in [-0.2, 0) is 16.2 Å². The monoisotopic (exact) mass is 578 g/mol. The van der Waals surface area contributed by atoms with E-state index in [0.29, 0.717) is 16.3 Å². The van der Waals surface area contributed by atoms with Crippen molar-refractivity contribution in [3.05, 3.63) is 96.9 Å². The normalized spacial score (nSPS) is 15.0. The first kappa shape index (κ1) is 24.3. The van der Waals surface area contributed by atoms with Gasteiger partial charge in [0, 0.05) is 20.6 Å². The SMILES string of the molecule is O=C1NC(=O)N(c2ccc(Cl)c(Cl)c2)C(=O)/C1=C/c1cc(Cl)ccc1OCc1ccccc1Br. The van der Waals surface area contributed by atoms with Crippen LogP contribution in [0.3, 0.4) is 0 Å². The number of hydrogen-bond donors (Lipinski definition) is 1. The number of hydrogen-bond acceptors (Lipinski definition) is 4. The van der Waals surface area contributed by atoms with Crippen molar-refractivity contribution in [3.63, 3.8) is 0 Å². The van der Waals surface area contributed by atoms with Crippen LogP contribution < -0.4 is 15.0 Å². The highest BCUT2D eigenvalue weighted by atomic mass is 79.9. The van der Waals surface area contributed by atoms with Crippen LogP contribution in [0, 0.1) is 0 Å². The molecule has 1 aliphatic heterocycles. The van der Waals surface area contributed by atoms with Crippen LogP contribution in [0.2, 0.25) is 15.1 Å². The van der Waals surface area contributed by atoms with E-state index in [2.05, 4.69) is 21.2 Å². The van der Waals surface area contributed by atoms with Gasteiger partial charge in [0.15, 0.2) is 0 Å². The number of nitrogens with one attached hydrogen (secondary N) is 1. The van der Waals surface area contributed by atoms with Gasteiger partial charge >= 0.3 is 6.03 Å². The van der Waals surface area contributed by atoms with E-state index in [1.165, 1.54) is 24.3 Å². The summed E-state index contributed by atoms with van der Waals surface area (Å²) >= 11 is 21.6. The number of halogens is 4. The van der Waals surface area contributed by atoms with Crippen LogP contribution in [0.25, 0.3) is 6.08 Å². The molecule has 0 aromatic heterocycles. The molecule has 0 unspecified atom stereocenters. The molecular formula is C24H14BrCl3N2O4. The number of ether oxygens (including phenoxy) is 1. The zero-order valence-electron chi connectivity index (χ0n) is 17.2. The first-order valence-electron chi connectivity index (χ1n) is 9.77. The average molecular weight is 581 g/mol. The van der Waals surface area contributed by atoms with Gasteiger partial charge in [-0.15, -0.1) is 0 Å². The Balaban J connectivity index is 1.69. The molecule has 4 amide bonds. The van der Waals surface area contributed by atoms with Crippen molar-refractivity contribution in [1.82, 2.24) is 5.32 Å². The second-order valence-electron chi connectivity index (χ2n) is 7.12. The molecule has 0 spiro atoms. The number of carbonyl (C=O) groups is 3. The molecule has 0 atom stereocenters. The van der Waals surface area contributed by atoms with Crippen molar-refractivity contribution in [1.29, 1.82) is 0 Å². The number of anilines is 1. The summed E-state index contributed by atoms with van der Waals surface area (Å²) < 4.78 is 6.82. The van der Waals surface area contributed by atoms with Crippen LogP contribution in [0.1, 0.15) is 11.1 Å². The maximum absolute atomic E-state index is 13.2. The number of nitrogens with zero attached hydrogens (tertiary/aromatic N) is 1. The molecule has 4 rings (SSSR count). The molecule has 0 radical (unpaired) electrons. The van der Waals surface area contributed by atoms with Crippen LogP contribution in [0.4, 0.5) is 10.5 Å². The average Bonchev–Trinajstić information content (AvgIpc) is 2.79. The lowest BCUT2D eigenvalue weighted by atomic mass is 10.1. The fourth-order valence-corrected chi connectivity index (χ4v) is 4.08. The highest BCUT2D eigenvalue weighted by Gasteiger charge is 2.37. The maximum Gasteiger partial charge on any atom is 0.335 e. The first-order valence-corrected chi connectivity index (χ1v) is 11.7. The van der Waals surface area contributed by atoms with Gasteiger partial charge < -0.3 is 4.74 Å². The van der Waals surface area contributed by atoms with Crippen LogP contribution in [0.5, 0.6) is 5.75 Å².